The monoisotopic (exact) mass is 266 g/mol. The van der Waals surface area contributed by atoms with Crippen molar-refractivity contribution in [3.63, 3.8) is 0 Å². The van der Waals surface area contributed by atoms with Crippen molar-refractivity contribution in [2.24, 2.45) is 5.73 Å². The second-order valence-electron chi connectivity index (χ2n) is 5.22. The molecule has 0 amide bonds. The smallest absolute Gasteiger partial charge is 0.124 e. The molecule has 0 aliphatic carbocycles. The van der Waals surface area contributed by atoms with Gasteiger partial charge in [0.1, 0.15) is 18.2 Å². The number of nitrogens with two attached hydrogens (primary N) is 1. The fourth-order valence-electron chi connectivity index (χ4n) is 2.47. The molecule has 1 aliphatic heterocycles. The van der Waals surface area contributed by atoms with Crippen molar-refractivity contribution >= 4 is 0 Å². The van der Waals surface area contributed by atoms with Gasteiger partial charge in [-0.1, -0.05) is 6.42 Å². The summed E-state index contributed by atoms with van der Waals surface area (Å²) in [6.07, 6.45) is 3.90. The fraction of sp³-hybridized carbons (Fsp3) is 0.600. The van der Waals surface area contributed by atoms with Crippen LogP contribution >= 0.6 is 0 Å². The highest BCUT2D eigenvalue weighted by molar-refractivity contribution is 5.36. The minimum Gasteiger partial charge on any atom is -0.492 e. The minimum atomic E-state index is -0.268. The van der Waals surface area contributed by atoms with Crippen LogP contribution in [0.1, 0.15) is 37.8 Å². The SMILES string of the molecule is C[C@@H](N)c1cc(F)ccc1OCCN1CCCCC1. The van der Waals surface area contributed by atoms with Gasteiger partial charge in [0.15, 0.2) is 0 Å². The first-order valence-corrected chi connectivity index (χ1v) is 7.07. The molecule has 0 spiro atoms. The Balaban J connectivity index is 1.88. The van der Waals surface area contributed by atoms with Crippen LogP contribution in [0.2, 0.25) is 0 Å². The number of likely N-dealkylation sites (tertiary alicyclic amines) is 1. The zero-order chi connectivity index (χ0) is 13.7. The van der Waals surface area contributed by atoms with E-state index in [0.717, 1.165) is 25.2 Å². The number of piperidine rings is 1. The summed E-state index contributed by atoms with van der Waals surface area (Å²) in [7, 11) is 0. The Bertz CT molecular complexity index is 403. The predicted octanol–water partition coefficient (Wildman–Crippen LogP) is 2.71. The predicted molar refractivity (Wildman–Crippen MR) is 74.8 cm³/mol. The van der Waals surface area contributed by atoms with E-state index in [0.29, 0.717) is 12.4 Å². The van der Waals surface area contributed by atoms with E-state index in [-0.39, 0.29) is 11.9 Å². The summed E-state index contributed by atoms with van der Waals surface area (Å²) >= 11 is 0. The Hall–Kier alpha value is -1.13. The lowest BCUT2D eigenvalue weighted by Gasteiger charge is -2.26. The first-order chi connectivity index (χ1) is 9.16. The highest BCUT2D eigenvalue weighted by Gasteiger charge is 2.12. The quantitative estimate of drug-likeness (QED) is 0.890. The van der Waals surface area contributed by atoms with Crippen molar-refractivity contribution in [2.75, 3.05) is 26.2 Å². The van der Waals surface area contributed by atoms with Crippen molar-refractivity contribution < 1.29 is 9.13 Å². The van der Waals surface area contributed by atoms with E-state index in [1.807, 2.05) is 6.92 Å². The minimum absolute atomic E-state index is 0.222. The average molecular weight is 266 g/mol. The maximum atomic E-state index is 13.2. The third kappa shape index (κ3) is 4.18. The maximum Gasteiger partial charge on any atom is 0.124 e. The van der Waals surface area contributed by atoms with E-state index in [4.69, 9.17) is 10.5 Å². The van der Waals surface area contributed by atoms with Gasteiger partial charge in [0.25, 0.3) is 0 Å². The van der Waals surface area contributed by atoms with Gasteiger partial charge in [0.2, 0.25) is 0 Å². The lowest BCUT2D eigenvalue weighted by molar-refractivity contribution is 0.182. The molecule has 1 aromatic rings. The Kier molecular flexibility index (Phi) is 5.16. The first kappa shape index (κ1) is 14.3. The van der Waals surface area contributed by atoms with Crippen LogP contribution in [0.15, 0.2) is 18.2 Å². The van der Waals surface area contributed by atoms with Gasteiger partial charge in [-0.25, -0.2) is 4.39 Å². The molecular weight excluding hydrogens is 243 g/mol. The molecule has 1 fully saturated rings. The second-order valence-corrected chi connectivity index (χ2v) is 5.22. The van der Waals surface area contributed by atoms with Crippen molar-refractivity contribution in [2.45, 2.75) is 32.2 Å². The van der Waals surface area contributed by atoms with Gasteiger partial charge in [-0.2, -0.15) is 0 Å². The highest BCUT2D eigenvalue weighted by atomic mass is 19.1. The molecule has 106 valence electrons. The van der Waals surface area contributed by atoms with Crippen molar-refractivity contribution in [3.8, 4) is 5.75 Å². The number of nitrogens with zero attached hydrogens (tertiary/aromatic N) is 1. The number of hydrogen-bond donors (Lipinski definition) is 1. The van der Waals surface area contributed by atoms with Crippen LogP contribution in [0.25, 0.3) is 0 Å². The summed E-state index contributed by atoms with van der Waals surface area (Å²) in [4.78, 5) is 2.42. The molecule has 0 unspecified atom stereocenters. The third-order valence-electron chi connectivity index (χ3n) is 3.58. The van der Waals surface area contributed by atoms with Crippen LogP contribution in [0.4, 0.5) is 4.39 Å². The molecule has 0 saturated carbocycles. The van der Waals surface area contributed by atoms with Gasteiger partial charge in [0.05, 0.1) is 0 Å². The van der Waals surface area contributed by atoms with E-state index in [9.17, 15) is 4.39 Å². The van der Waals surface area contributed by atoms with Crippen LogP contribution in [0.3, 0.4) is 0 Å². The fourth-order valence-corrected chi connectivity index (χ4v) is 2.47. The molecule has 2 rings (SSSR count). The molecule has 1 atom stereocenters. The Labute approximate surface area is 114 Å². The van der Waals surface area contributed by atoms with Crippen LogP contribution in [-0.2, 0) is 0 Å². The normalized spacial score (nSPS) is 18.3. The largest absolute Gasteiger partial charge is 0.492 e. The zero-order valence-electron chi connectivity index (χ0n) is 11.6. The maximum absolute atomic E-state index is 13.2. The Morgan fingerprint density at radius 2 is 2.05 bits per heavy atom. The van der Waals surface area contributed by atoms with Gasteiger partial charge in [-0.3, -0.25) is 4.90 Å². The zero-order valence-corrected chi connectivity index (χ0v) is 11.6. The average Bonchev–Trinajstić information content (AvgIpc) is 2.41. The molecule has 3 nitrogen and oxygen atoms in total. The molecule has 0 radical (unpaired) electrons. The number of ether oxygens (including phenoxy) is 1. The topological polar surface area (TPSA) is 38.5 Å². The highest BCUT2D eigenvalue weighted by Crippen LogP contribution is 2.24. The van der Waals surface area contributed by atoms with E-state index in [2.05, 4.69) is 4.90 Å². The third-order valence-corrected chi connectivity index (χ3v) is 3.58. The summed E-state index contributed by atoms with van der Waals surface area (Å²) in [5.74, 6) is 0.434. The van der Waals surface area contributed by atoms with E-state index in [1.54, 1.807) is 6.07 Å². The van der Waals surface area contributed by atoms with Crippen LogP contribution in [0.5, 0.6) is 5.75 Å². The molecule has 2 N–H and O–H groups in total. The van der Waals surface area contributed by atoms with E-state index in [1.165, 1.54) is 31.4 Å². The van der Waals surface area contributed by atoms with Gasteiger partial charge in [-0.05, 0) is 51.1 Å². The van der Waals surface area contributed by atoms with Gasteiger partial charge in [0, 0.05) is 18.2 Å². The van der Waals surface area contributed by atoms with Crippen molar-refractivity contribution in [3.05, 3.63) is 29.6 Å². The number of rotatable bonds is 5. The standard InChI is InChI=1S/C15H23FN2O/c1-12(17)14-11-13(16)5-6-15(14)19-10-9-18-7-3-2-4-8-18/h5-6,11-12H,2-4,7-10,17H2,1H3/t12-/m1/s1. The van der Waals surface area contributed by atoms with E-state index >= 15 is 0 Å². The Morgan fingerprint density at radius 3 is 2.74 bits per heavy atom. The summed E-state index contributed by atoms with van der Waals surface area (Å²) in [6, 6.07) is 4.33. The molecule has 0 bridgehead atoms. The Morgan fingerprint density at radius 1 is 1.32 bits per heavy atom. The number of hydrogen-bond acceptors (Lipinski definition) is 3. The molecule has 1 heterocycles. The molecule has 1 aromatic carbocycles. The van der Waals surface area contributed by atoms with Crippen LogP contribution in [0, 0.1) is 5.82 Å². The van der Waals surface area contributed by atoms with E-state index < -0.39 is 0 Å². The molecule has 0 aromatic heterocycles. The van der Waals surface area contributed by atoms with Crippen molar-refractivity contribution in [1.82, 2.24) is 4.90 Å². The second kappa shape index (κ2) is 6.87. The molecule has 4 heteroatoms. The first-order valence-electron chi connectivity index (χ1n) is 7.07. The lowest BCUT2D eigenvalue weighted by atomic mass is 10.1. The van der Waals surface area contributed by atoms with Crippen LogP contribution < -0.4 is 10.5 Å². The lowest BCUT2D eigenvalue weighted by Crippen LogP contribution is -2.33. The van der Waals surface area contributed by atoms with Gasteiger partial charge < -0.3 is 10.5 Å². The summed E-state index contributed by atoms with van der Waals surface area (Å²) in [6.45, 7) is 5.72. The molecular formula is C15H23FN2O. The molecule has 1 saturated heterocycles. The molecule has 1 aliphatic rings. The summed E-state index contributed by atoms with van der Waals surface area (Å²) < 4.78 is 19.0. The summed E-state index contributed by atoms with van der Waals surface area (Å²) in [5, 5.41) is 0. The van der Waals surface area contributed by atoms with Crippen molar-refractivity contribution in [1.29, 1.82) is 0 Å². The molecule has 19 heavy (non-hydrogen) atoms. The summed E-state index contributed by atoms with van der Waals surface area (Å²) in [5.41, 5.74) is 6.58. The van der Waals surface area contributed by atoms with Gasteiger partial charge in [-0.15, -0.1) is 0 Å². The number of halogens is 1. The van der Waals surface area contributed by atoms with Gasteiger partial charge >= 0.3 is 0 Å². The van der Waals surface area contributed by atoms with Crippen LogP contribution in [-0.4, -0.2) is 31.1 Å². The number of benzene rings is 1.